The summed E-state index contributed by atoms with van der Waals surface area (Å²) >= 11 is 0. The summed E-state index contributed by atoms with van der Waals surface area (Å²) in [5.41, 5.74) is 0.594. The Bertz CT molecular complexity index is 381. The topological polar surface area (TPSA) is 62.5 Å². The molecule has 1 saturated carbocycles. The summed E-state index contributed by atoms with van der Waals surface area (Å²) in [4.78, 5) is 10.8. The molecule has 4 nitrogen and oxygen atoms in total. The summed E-state index contributed by atoms with van der Waals surface area (Å²) in [6.07, 6.45) is 2.55. The van der Waals surface area contributed by atoms with E-state index in [0.717, 1.165) is 6.42 Å². The molecule has 0 spiro atoms. The first-order chi connectivity index (χ1) is 7.00. The van der Waals surface area contributed by atoms with Crippen LogP contribution in [0.4, 0.5) is 0 Å². The van der Waals surface area contributed by atoms with Crippen molar-refractivity contribution in [3.05, 3.63) is 23.7 Å². The fourth-order valence-corrected chi connectivity index (χ4v) is 1.70. The van der Waals surface area contributed by atoms with Gasteiger partial charge in [-0.2, -0.15) is 0 Å². The third-order valence-corrected chi connectivity index (χ3v) is 3.00. The molecular formula is C11H15NO3. The van der Waals surface area contributed by atoms with Gasteiger partial charge in [0.2, 0.25) is 0 Å². The van der Waals surface area contributed by atoms with Crippen LogP contribution >= 0.6 is 0 Å². The van der Waals surface area contributed by atoms with Gasteiger partial charge in [-0.25, -0.2) is 4.79 Å². The van der Waals surface area contributed by atoms with Crippen LogP contribution < -0.4 is 5.32 Å². The lowest BCUT2D eigenvalue weighted by molar-refractivity contribution is 0.0694. The molecule has 2 N–H and O–H groups in total. The molecule has 0 aromatic carbocycles. The second-order valence-corrected chi connectivity index (χ2v) is 4.69. The molecule has 1 aromatic heterocycles. The maximum absolute atomic E-state index is 10.8. The summed E-state index contributed by atoms with van der Waals surface area (Å²) in [6, 6.07) is 1.96. The number of furan rings is 1. The number of carbonyl (C=O) groups is 1. The molecule has 2 rings (SSSR count). The van der Waals surface area contributed by atoms with E-state index >= 15 is 0 Å². The van der Waals surface area contributed by atoms with E-state index < -0.39 is 5.97 Å². The summed E-state index contributed by atoms with van der Waals surface area (Å²) in [7, 11) is 0. The van der Waals surface area contributed by atoms with Crippen LogP contribution in [0.2, 0.25) is 0 Å². The second kappa shape index (κ2) is 3.38. The smallest absolute Gasteiger partial charge is 0.339 e. The predicted octanol–water partition coefficient (Wildman–Crippen LogP) is 1.87. The summed E-state index contributed by atoms with van der Waals surface area (Å²) in [5, 5.41) is 12.1. The van der Waals surface area contributed by atoms with Crippen molar-refractivity contribution in [2.75, 3.05) is 0 Å². The van der Waals surface area contributed by atoms with Gasteiger partial charge in [0, 0.05) is 6.04 Å². The van der Waals surface area contributed by atoms with Crippen LogP contribution in [0.25, 0.3) is 0 Å². The van der Waals surface area contributed by atoms with E-state index in [4.69, 9.17) is 9.52 Å². The Balaban J connectivity index is 1.94. The average molecular weight is 209 g/mol. The quantitative estimate of drug-likeness (QED) is 0.794. The van der Waals surface area contributed by atoms with Crippen LogP contribution in [-0.2, 0) is 6.54 Å². The van der Waals surface area contributed by atoms with Crippen molar-refractivity contribution in [3.63, 3.8) is 0 Å². The number of aromatic carboxylic acids is 1. The highest BCUT2D eigenvalue weighted by Gasteiger charge is 2.45. The van der Waals surface area contributed by atoms with Gasteiger partial charge in [-0.15, -0.1) is 0 Å². The highest BCUT2D eigenvalue weighted by molar-refractivity contribution is 5.88. The number of rotatable bonds is 4. The first-order valence-corrected chi connectivity index (χ1v) is 5.04. The normalized spacial score (nSPS) is 22.7. The van der Waals surface area contributed by atoms with Crippen molar-refractivity contribution < 1.29 is 14.3 Å². The number of hydrogen-bond donors (Lipinski definition) is 2. The lowest BCUT2D eigenvalue weighted by Gasteiger charge is -2.05. The van der Waals surface area contributed by atoms with Crippen LogP contribution in [-0.4, -0.2) is 17.1 Å². The van der Waals surface area contributed by atoms with Gasteiger partial charge in [0.25, 0.3) is 0 Å². The third kappa shape index (κ3) is 2.04. The molecule has 0 bridgehead atoms. The highest BCUT2D eigenvalue weighted by Crippen LogP contribution is 2.44. The van der Waals surface area contributed by atoms with E-state index in [-0.39, 0.29) is 5.56 Å². The molecule has 1 unspecified atom stereocenters. The number of carboxylic acid groups (broad SMARTS) is 1. The fraction of sp³-hybridized carbons (Fsp3) is 0.545. The second-order valence-electron chi connectivity index (χ2n) is 4.69. The lowest BCUT2D eigenvalue weighted by atomic mass is 10.2. The SMILES string of the molecule is CC1(C)CC1NCc1occc1C(=O)O. The Morgan fingerprint density at radius 3 is 2.93 bits per heavy atom. The van der Waals surface area contributed by atoms with Crippen molar-refractivity contribution in [1.29, 1.82) is 0 Å². The van der Waals surface area contributed by atoms with E-state index in [1.807, 2.05) is 0 Å². The molecule has 4 heteroatoms. The Hall–Kier alpha value is -1.29. The van der Waals surface area contributed by atoms with Crippen LogP contribution in [0.15, 0.2) is 16.7 Å². The van der Waals surface area contributed by atoms with Gasteiger partial charge in [0.15, 0.2) is 0 Å². The molecule has 1 aliphatic rings. The maximum atomic E-state index is 10.8. The fourth-order valence-electron chi connectivity index (χ4n) is 1.70. The standard InChI is InChI=1S/C11H15NO3/c1-11(2)5-9(11)12-6-8-7(10(13)14)3-4-15-8/h3-4,9,12H,5-6H2,1-2H3,(H,13,14). The Morgan fingerprint density at radius 2 is 2.40 bits per heavy atom. The van der Waals surface area contributed by atoms with E-state index in [1.165, 1.54) is 12.3 Å². The van der Waals surface area contributed by atoms with Crippen molar-refractivity contribution >= 4 is 5.97 Å². The zero-order chi connectivity index (χ0) is 11.1. The molecule has 1 aliphatic carbocycles. The van der Waals surface area contributed by atoms with Gasteiger partial charge in [-0.05, 0) is 17.9 Å². The molecule has 1 heterocycles. The molecular weight excluding hydrogens is 194 g/mol. The minimum atomic E-state index is -0.935. The van der Waals surface area contributed by atoms with Crippen LogP contribution in [0.5, 0.6) is 0 Å². The molecule has 1 fully saturated rings. The zero-order valence-corrected chi connectivity index (χ0v) is 8.91. The number of hydrogen-bond acceptors (Lipinski definition) is 3. The van der Waals surface area contributed by atoms with Gasteiger partial charge in [0.1, 0.15) is 11.3 Å². The molecule has 0 saturated heterocycles. The van der Waals surface area contributed by atoms with Gasteiger partial charge >= 0.3 is 5.97 Å². The van der Waals surface area contributed by atoms with E-state index in [1.54, 1.807) is 0 Å². The van der Waals surface area contributed by atoms with E-state index in [0.29, 0.717) is 23.8 Å². The van der Waals surface area contributed by atoms with Crippen LogP contribution in [0, 0.1) is 5.41 Å². The summed E-state index contributed by atoms with van der Waals surface area (Å²) in [5.74, 6) is -0.430. The average Bonchev–Trinajstić information content (AvgIpc) is 2.63. The molecule has 0 radical (unpaired) electrons. The first-order valence-electron chi connectivity index (χ1n) is 5.04. The van der Waals surface area contributed by atoms with Crippen molar-refractivity contribution in [2.24, 2.45) is 5.41 Å². The van der Waals surface area contributed by atoms with Gasteiger partial charge in [0.05, 0.1) is 12.8 Å². The predicted molar refractivity (Wildman–Crippen MR) is 54.7 cm³/mol. The molecule has 82 valence electrons. The minimum Gasteiger partial charge on any atom is -0.478 e. The van der Waals surface area contributed by atoms with Gasteiger partial charge in [-0.1, -0.05) is 13.8 Å². The highest BCUT2D eigenvalue weighted by atomic mass is 16.4. The molecule has 1 atom stereocenters. The van der Waals surface area contributed by atoms with E-state index in [9.17, 15) is 4.79 Å². The minimum absolute atomic E-state index is 0.251. The Labute approximate surface area is 88.3 Å². The maximum Gasteiger partial charge on any atom is 0.339 e. The molecule has 0 aliphatic heterocycles. The molecule has 0 amide bonds. The molecule has 1 aromatic rings. The third-order valence-electron chi connectivity index (χ3n) is 3.00. The number of carboxylic acids is 1. The lowest BCUT2D eigenvalue weighted by Crippen LogP contribution is -2.20. The Morgan fingerprint density at radius 1 is 1.73 bits per heavy atom. The summed E-state index contributed by atoms with van der Waals surface area (Å²) in [6.45, 7) is 4.86. The van der Waals surface area contributed by atoms with Gasteiger partial charge in [-0.3, -0.25) is 0 Å². The van der Waals surface area contributed by atoms with Crippen molar-refractivity contribution in [3.8, 4) is 0 Å². The van der Waals surface area contributed by atoms with Crippen LogP contribution in [0.3, 0.4) is 0 Å². The van der Waals surface area contributed by atoms with Crippen molar-refractivity contribution in [1.82, 2.24) is 5.32 Å². The molecule has 15 heavy (non-hydrogen) atoms. The monoisotopic (exact) mass is 209 g/mol. The van der Waals surface area contributed by atoms with Crippen LogP contribution in [0.1, 0.15) is 36.4 Å². The largest absolute Gasteiger partial charge is 0.478 e. The number of nitrogens with one attached hydrogen (secondary N) is 1. The first kappa shape index (κ1) is 10.2. The zero-order valence-electron chi connectivity index (χ0n) is 8.91. The van der Waals surface area contributed by atoms with Gasteiger partial charge < -0.3 is 14.8 Å². The van der Waals surface area contributed by atoms with Crippen molar-refractivity contribution in [2.45, 2.75) is 32.9 Å². The van der Waals surface area contributed by atoms with E-state index in [2.05, 4.69) is 19.2 Å². The Kier molecular flexibility index (Phi) is 2.31. The summed E-state index contributed by atoms with van der Waals surface area (Å²) < 4.78 is 5.13.